The summed E-state index contributed by atoms with van der Waals surface area (Å²) < 4.78 is 62.0. The van der Waals surface area contributed by atoms with E-state index in [0.717, 1.165) is 12.1 Å². The molecule has 0 atom stereocenters. The first kappa shape index (κ1) is 14.0. The van der Waals surface area contributed by atoms with Crippen LogP contribution in [-0.4, -0.2) is 18.9 Å². The van der Waals surface area contributed by atoms with Crippen LogP contribution in [0.5, 0.6) is 0 Å². The highest BCUT2D eigenvalue weighted by Crippen LogP contribution is 2.28. The molecule has 1 aromatic rings. The quantitative estimate of drug-likeness (QED) is 0.659. The fourth-order valence-corrected chi connectivity index (χ4v) is 1.37. The van der Waals surface area contributed by atoms with Crippen molar-refractivity contribution in [2.24, 2.45) is 0 Å². The molecule has 0 spiro atoms. The first-order valence-electron chi connectivity index (χ1n) is 4.38. The second-order valence-corrected chi connectivity index (χ2v) is 4.12. The van der Waals surface area contributed by atoms with Crippen LogP contribution >= 0.6 is 15.9 Å². The predicted octanol–water partition coefficient (Wildman–Crippen LogP) is 3.48. The molecule has 0 aliphatic carbocycles. The van der Waals surface area contributed by atoms with Crippen molar-refractivity contribution < 1.29 is 22.0 Å². The zero-order valence-corrected chi connectivity index (χ0v) is 9.87. The van der Waals surface area contributed by atoms with E-state index in [1.807, 2.05) is 5.32 Å². The normalized spacial score (nSPS) is 11.9. The van der Waals surface area contributed by atoms with Crippen LogP contribution in [-0.2, 0) is 0 Å². The molecule has 1 aromatic carbocycles. The van der Waals surface area contributed by atoms with Gasteiger partial charge in [-0.1, -0.05) is 0 Å². The van der Waals surface area contributed by atoms with Gasteiger partial charge in [-0.05, 0) is 22.0 Å². The van der Waals surface area contributed by atoms with E-state index >= 15 is 0 Å². The van der Waals surface area contributed by atoms with Gasteiger partial charge in [0.2, 0.25) is 0 Å². The van der Waals surface area contributed by atoms with Gasteiger partial charge in [-0.25, -0.2) is 13.2 Å². The topological polar surface area (TPSA) is 38.0 Å². The highest BCUT2D eigenvalue weighted by atomic mass is 79.9. The van der Waals surface area contributed by atoms with Crippen LogP contribution in [0, 0.1) is 5.82 Å². The van der Waals surface area contributed by atoms with Crippen molar-refractivity contribution in [2.75, 3.05) is 17.6 Å². The summed E-state index contributed by atoms with van der Waals surface area (Å²) >= 11 is 2.84. The zero-order chi connectivity index (χ0) is 13.2. The molecule has 0 aliphatic heterocycles. The minimum atomic E-state index is -4.20. The summed E-state index contributed by atoms with van der Waals surface area (Å²) in [5.74, 6) is -4.93. The summed E-state index contributed by atoms with van der Waals surface area (Å²) in [6, 6.07) is 2.00. The second kappa shape index (κ2) is 5.07. The molecule has 0 saturated heterocycles. The highest BCUT2D eigenvalue weighted by Gasteiger charge is 2.40. The Morgan fingerprint density at radius 3 is 2.47 bits per heavy atom. The molecule has 3 N–H and O–H groups in total. The molecule has 1 rings (SSSR count). The Kier molecular flexibility index (Phi) is 4.18. The Morgan fingerprint density at radius 1 is 1.35 bits per heavy atom. The van der Waals surface area contributed by atoms with Gasteiger partial charge in [0.25, 0.3) is 0 Å². The molecule has 0 aliphatic rings. The molecule has 8 heteroatoms. The molecular weight excluding hydrogens is 311 g/mol. The molecule has 0 saturated carbocycles. The molecule has 0 fully saturated rings. The van der Waals surface area contributed by atoms with Gasteiger partial charge in [0.1, 0.15) is 5.82 Å². The van der Waals surface area contributed by atoms with Crippen molar-refractivity contribution >= 4 is 27.3 Å². The Morgan fingerprint density at radius 2 is 1.94 bits per heavy atom. The van der Waals surface area contributed by atoms with Gasteiger partial charge >= 0.3 is 12.3 Å². The van der Waals surface area contributed by atoms with Gasteiger partial charge in [0.05, 0.1) is 22.4 Å². The van der Waals surface area contributed by atoms with Crippen LogP contribution in [0.4, 0.5) is 33.3 Å². The van der Waals surface area contributed by atoms with Crippen LogP contribution in [0.3, 0.4) is 0 Å². The maximum absolute atomic E-state index is 13.1. The van der Waals surface area contributed by atoms with E-state index in [2.05, 4.69) is 15.9 Å². The van der Waals surface area contributed by atoms with E-state index in [-0.39, 0.29) is 15.8 Å². The fourth-order valence-electron chi connectivity index (χ4n) is 1.01. The molecule has 0 aromatic heterocycles. The van der Waals surface area contributed by atoms with Crippen molar-refractivity contribution in [1.82, 2.24) is 0 Å². The van der Waals surface area contributed by atoms with Crippen molar-refractivity contribution in [3.05, 3.63) is 22.4 Å². The monoisotopic (exact) mass is 318 g/mol. The maximum atomic E-state index is 13.1. The SMILES string of the molecule is Nc1cc(Br)c(F)cc1NCC(F)(F)C(F)F. The third-order valence-electron chi connectivity index (χ3n) is 1.93. The van der Waals surface area contributed by atoms with Gasteiger partial charge in [0, 0.05) is 6.07 Å². The fraction of sp³-hybridized carbons (Fsp3) is 0.333. The summed E-state index contributed by atoms with van der Waals surface area (Å²) in [5, 5.41) is 1.99. The van der Waals surface area contributed by atoms with Gasteiger partial charge in [-0.3, -0.25) is 0 Å². The number of alkyl halides is 4. The number of nitrogens with one attached hydrogen (secondary N) is 1. The van der Waals surface area contributed by atoms with Crippen LogP contribution in [0.25, 0.3) is 0 Å². The van der Waals surface area contributed by atoms with Gasteiger partial charge < -0.3 is 11.1 Å². The summed E-state index contributed by atoms with van der Waals surface area (Å²) in [6.45, 7) is -1.32. The molecule has 96 valence electrons. The average Bonchev–Trinajstić information content (AvgIpc) is 2.21. The number of halogens is 6. The zero-order valence-electron chi connectivity index (χ0n) is 8.28. The number of anilines is 2. The van der Waals surface area contributed by atoms with Crippen molar-refractivity contribution in [2.45, 2.75) is 12.3 Å². The molecule has 2 nitrogen and oxygen atoms in total. The Hall–Kier alpha value is -1.05. The average molecular weight is 319 g/mol. The minimum Gasteiger partial charge on any atom is -0.397 e. The van der Waals surface area contributed by atoms with Crippen molar-refractivity contribution in [3.8, 4) is 0 Å². The second-order valence-electron chi connectivity index (χ2n) is 3.27. The molecule has 0 bridgehead atoms. The molecule has 0 heterocycles. The summed E-state index contributed by atoms with van der Waals surface area (Å²) in [4.78, 5) is 0. The first-order chi connectivity index (χ1) is 7.74. The number of nitrogens with two attached hydrogens (primary N) is 1. The van der Waals surface area contributed by atoms with E-state index in [0.29, 0.717) is 0 Å². The minimum absolute atomic E-state index is 0.0247. The maximum Gasteiger partial charge on any atom is 0.324 e. The predicted molar refractivity (Wildman–Crippen MR) is 58.0 cm³/mol. The molecule has 0 amide bonds. The highest BCUT2D eigenvalue weighted by molar-refractivity contribution is 9.10. The number of nitrogen functional groups attached to an aromatic ring is 1. The smallest absolute Gasteiger partial charge is 0.324 e. The van der Waals surface area contributed by atoms with Crippen molar-refractivity contribution in [3.63, 3.8) is 0 Å². The lowest BCUT2D eigenvalue weighted by molar-refractivity contribution is -0.117. The largest absolute Gasteiger partial charge is 0.397 e. The van der Waals surface area contributed by atoms with E-state index in [4.69, 9.17) is 5.73 Å². The third-order valence-corrected chi connectivity index (χ3v) is 2.53. The lowest BCUT2D eigenvalue weighted by Gasteiger charge is -2.17. The van der Waals surface area contributed by atoms with Crippen LogP contribution < -0.4 is 11.1 Å². The standard InChI is InChI=1S/C9H8BrF5N2/c10-4-1-6(16)7(2-5(4)11)17-3-9(14,15)8(12)13/h1-2,8,17H,3,16H2. The first-order valence-corrected chi connectivity index (χ1v) is 5.17. The van der Waals surface area contributed by atoms with E-state index in [1.54, 1.807) is 0 Å². The summed E-state index contributed by atoms with van der Waals surface area (Å²) in [6.07, 6.45) is -3.79. The van der Waals surface area contributed by atoms with Gasteiger partial charge in [0.15, 0.2) is 0 Å². The number of rotatable bonds is 4. The van der Waals surface area contributed by atoms with Gasteiger partial charge in [-0.15, -0.1) is 0 Å². The molecular formula is C9H8BrF5N2. The van der Waals surface area contributed by atoms with Crippen LogP contribution in [0.15, 0.2) is 16.6 Å². The van der Waals surface area contributed by atoms with E-state index in [1.165, 1.54) is 0 Å². The summed E-state index contributed by atoms with van der Waals surface area (Å²) in [7, 11) is 0. The molecule has 17 heavy (non-hydrogen) atoms. The lowest BCUT2D eigenvalue weighted by Crippen LogP contribution is -2.35. The van der Waals surface area contributed by atoms with Crippen LogP contribution in [0.1, 0.15) is 0 Å². The molecule has 0 radical (unpaired) electrons. The summed E-state index contributed by atoms with van der Waals surface area (Å²) in [5.41, 5.74) is 5.22. The number of hydrogen-bond acceptors (Lipinski definition) is 2. The Balaban J connectivity index is 2.80. The van der Waals surface area contributed by atoms with E-state index in [9.17, 15) is 22.0 Å². The van der Waals surface area contributed by atoms with E-state index < -0.39 is 24.7 Å². The lowest BCUT2D eigenvalue weighted by atomic mass is 10.2. The Labute approximate surface area is 102 Å². The Bertz CT molecular complexity index is 411. The van der Waals surface area contributed by atoms with Crippen molar-refractivity contribution in [1.29, 1.82) is 0 Å². The van der Waals surface area contributed by atoms with Crippen LogP contribution in [0.2, 0.25) is 0 Å². The van der Waals surface area contributed by atoms with Gasteiger partial charge in [-0.2, -0.15) is 8.78 Å². The molecule has 0 unspecified atom stereocenters. The third kappa shape index (κ3) is 3.45. The number of hydrogen-bond donors (Lipinski definition) is 2. The number of benzene rings is 1.